The maximum absolute atomic E-state index is 11.6. The first-order valence-electron chi connectivity index (χ1n) is 5.52. The Bertz CT molecular complexity index is 216. The Balaban J connectivity index is 3.16. The van der Waals surface area contributed by atoms with E-state index in [0.29, 0.717) is 19.5 Å². The van der Waals surface area contributed by atoms with Gasteiger partial charge in [-0.3, -0.25) is 4.79 Å². The molecule has 0 aliphatic rings. The van der Waals surface area contributed by atoms with Gasteiger partial charge in [-0.25, -0.2) is 13.6 Å². The molecule has 2 N–H and O–H groups in total. The largest absolute Gasteiger partial charge is 0.443 e. The molecular formula is C10H18F2N2O3. The molecule has 0 aliphatic carbocycles. The van der Waals surface area contributed by atoms with Crippen LogP contribution < -0.4 is 10.6 Å². The molecule has 0 aromatic heterocycles. The molecule has 0 spiro atoms. The number of hydrogen-bond donors (Lipinski definition) is 2. The number of carbonyl (C=O) groups excluding carboxylic acids is 2. The quantitative estimate of drug-likeness (QED) is 0.454. The summed E-state index contributed by atoms with van der Waals surface area (Å²) in [6.45, 7) is 0.180. The first-order valence-corrected chi connectivity index (χ1v) is 5.52. The summed E-state index contributed by atoms with van der Waals surface area (Å²) in [7, 11) is 0. The van der Waals surface area contributed by atoms with Gasteiger partial charge in [0.05, 0.1) is 0 Å². The number of halogens is 2. The molecule has 0 saturated heterocycles. The van der Waals surface area contributed by atoms with Gasteiger partial charge in [0.25, 0.3) is 6.43 Å². The van der Waals surface area contributed by atoms with Gasteiger partial charge < -0.3 is 15.4 Å². The number of nitrogens with one attached hydrogen (secondary N) is 2. The minimum absolute atomic E-state index is 0.406. The smallest absolute Gasteiger partial charge is 0.407 e. The standard InChI is InChI=1S/C10H18F2N2O3/c11-9(12)7-17-10(16)14-6-4-2-1-3-5-13-8-15/h8-9H,1-7H2,(H,13,15)(H,14,16). The van der Waals surface area contributed by atoms with Crippen molar-refractivity contribution in [2.75, 3.05) is 19.7 Å². The fraction of sp³-hybridized carbons (Fsp3) is 0.800. The minimum Gasteiger partial charge on any atom is -0.443 e. The zero-order chi connectivity index (χ0) is 12.9. The molecule has 0 aromatic rings. The van der Waals surface area contributed by atoms with E-state index in [1.165, 1.54) is 0 Å². The van der Waals surface area contributed by atoms with Crippen molar-refractivity contribution in [3.8, 4) is 0 Å². The third-order valence-electron chi connectivity index (χ3n) is 1.94. The summed E-state index contributed by atoms with van der Waals surface area (Å²) >= 11 is 0. The minimum atomic E-state index is -2.63. The molecule has 0 atom stereocenters. The summed E-state index contributed by atoms with van der Waals surface area (Å²) in [4.78, 5) is 20.7. The first kappa shape index (κ1) is 15.6. The molecule has 5 nitrogen and oxygen atoms in total. The maximum atomic E-state index is 11.6. The summed E-state index contributed by atoms with van der Waals surface area (Å²) in [5.74, 6) is 0. The van der Waals surface area contributed by atoms with Crippen molar-refractivity contribution in [1.82, 2.24) is 10.6 Å². The summed E-state index contributed by atoms with van der Waals surface area (Å²) in [6, 6.07) is 0. The number of alkyl carbamates (subject to hydrolysis) is 1. The molecule has 0 rings (SSSR count). The van der Waals surface area contributed by atoms with E-state index < -0.39 is 19.1 Å². The van der Waals surface area contributed by atoms with Crippen molar-refractivity contribution in [2.45, 2.75) is 32.1 Å². The summed E-state index contributed by atoms with van der Waals surface area (Å²) in [5, 5.41) is 4.92. The third-order valence-corrected chi connectivity index (χ3v) is 1.94. The summed E-state index contributed by atoms with van der Waals surface area (Å²) in [5.41, 5.74) is 0. The van der Waals surface area contributed by atoms with Crippen LogP contribution in [0.5, 0.6) is 0 Å². The van der Waals surface area contributed by atoms with Crippen LogP contribution in [0.1, 0.15) is 25.7 Å². The molecule has 0 bridgehead atoms. The third kappa shape index (κ3) is 12.5. The van der Waals surface area contributed by atoms with Crippen molar-refractivity contribution in [3.05, 3.63) is 0 Å². The second-order valence-electron chi connectivity index (χ2n) is 3.40. The molecule has 0 heterocycles. The van der Waals surface area contributed by atoms with Crippen LogP contribution >= 0.6 is 0 Å². The zero-order valence-electron chi connectivity index (χ0n) is 9.59. The first-order chi connectivity index (χ1) is 8.16. The van der Waals surface area contributed by atoms with Gasteiger partial charge in [0.15, 0.2) is 6.61 Å². The van der Waals surface area contributed by atoms with Gasteiger partial charge in [-0.15, -0.1) is 0 Å². The van der Waals surface area contributed by atoms with Crippen LogP contribution in [0.3, 0.4) is 0 Å². The van der Waals surface area contributed by atoms with E-state index in [1.54, 1.807) is 0 Å². The topological polar surface area (TPSA) is 67.4 Å². The van der Waals surface area contributed by atoms with Gasteiger partial charge in [0.2, 0.25) is 6.41 Å². The summed E-state index contributed by atoms with van der Waals surface area (Å²) in [6.07, 6.45) is 0.684. The van der Waals surface area contributed by atoms with Gasteiger partial charge >= 0.3 is 6.09 Å². The van der Waals surface area contributed by atoms with E-state index in [1.807, 2.05) is 0 Å². The SMILES string of the molecule is O=CNCCCCCCNC(=O)OCC(F)F. The van der Waals surface area contributed by atoms with Crippen molar-refractivity contribution in [3.63, 3.8) is 0 Å². The average Bonchev–Trinajstić information content (AvgIpc) is 2.30. The van der Waals surface area contributed by atoms with Gasteiger partial charge in [-0.1, -0.05) is 12.8 Å². The number of hydrogen-bond acceptors (Lipinski definition) is 3. The lowest BCUT2D eigenvalue weighted by atomic mass is 10.2. The number of alkyl halides is 2. The van der Waals surface area contributed by atoms with Gasteiger partial charge in [0.1, 0.15) is 0 Å². The van der Waals surface area contributed by atoms with E-state index in [4.69, 9.17) is 0 Å². The van der Waals surface area contributed by atoms with E-state index in [-0.39, 0.29) is 0 Å². The lowest BCUT2D eigenvalue weighted by molar-refractivity contribution is -0.109. The predicted octanol–water partition coefficient (Wildman–Crippen LogP) is 1.28. The Labute approximate surface area is 98.9 Å². The molecule has 0 aliphatic heterocycles. The molecule has 0 radical (unpaired) electrons. The zero-order valence-corrected chi connectivity index (χ0v) is 9.59. The molecule has 0 saturated carbocycles. The highest BCUT2D eigenvalue weighted by Crippen LogP contribution is 1.98. The lowest BCUT2D eigenvalue weighted by Gasteiger charge is -2.06. The predicted molar refractivity (Wildman–Crippen MR) is 57.9 cm³/mol. The van der Waals surface area contributed by atoms with E-state index >= 15 is 0 Å². The van der Waals surface area contributed by atoms with Crippen LogP contribution in [-0.2, 0) is 9.53 Å². The molecule has 2 amide bonds. The maximum Gasteiger partial charge on any atom is 0.407 e. The van der Waals surface area contributed by atoms with E-state index in [2.05, 4.69) is 15.4 Å². The second kappa shape index (κ2) is 11.1. The van der Waals surface area contributed by atoms with Crippen LogP contribution in [-0.4, -0.2) is 38.6 Å². The normalized spacial score (nSPS) is 10.1. The molecule has 0 unspecified atom stereocenters. The molecule has 17 heavy (non-hydrogen) atoms. The van der Waals surface area contributed by atoms with Crippen molar-refractivity contribution >= 4 is 12.5 Å². The Hall–Kier alpha value is -1.40. The molecule has 0 aromatic carbocycles. The summed E-state index contributed by atoms with van der Waals surface area (Å²) < 4.78 is 27.5. The Morgan fingerprint density at radius 2 is 1.82 bits per heavy atom. The van der Waals surface area contributed by atoms with Gasteiger partial charge in [-0.2, -0.15) is 0 Å². The number of unbranched alkanes of at least 4 members (excludes halogenated alkanes) is 3. The fourth-order valence-electron chi connectivity index (χ4n) is 1.14. The van der Waals surface area contributed by atoms with Crippen LogP contribution in [0, 0.1) is 0 Å². The molecule has 0 fully saturated rings. The fourth-order valence-corrected chi connectivity index (χ4v) is 1.14. The highest BCUT2D eigenvalue weighted by molar-refractivity contribution is 5.66. The van der Waals surface area contributed by atoms with Crippen LogP contribution in [0.2, 0.25) is 0 Å². The molecular weight excluding hydrogens is 234 g/mol. The highest BCUT2D eigenvalue weighted by Gasteiger charge is 2.06. The monoisotopic (exact) mass is 252 g/mol. The van der Waals surface area contributed by atoms with Crippen molar-refractivity contribution < 1.29 is 23.1 Å². The second-order valence-corrected chi connectivity index (χ2v) is 3.40. The van der Waals surface area contributed by atoms with Crippen molar-refractivity contribution in [2.24, 2.45) is 0 Å². The Morgan fingerprint density at radius 3 is 2.41 bits per heavy atom. The molecule has 100 valence electrons. The number of rotatable bonds is 10. The van der Waals surface area contributed by atoms with Gasteiger partial charge in [0, 0.05) is 13.1 Å². The average molecular weight is 252 g/mol. The van der Waals surface area contributed by atoms with E-state index in [0.717, 1.165) is 25.7 Å². The number of amides is 2. The van der Waals surface area contributed by atoms with Crippen LogP contribution in [0.4, 0.5) is 13.6 Å². The Kier molecular flexibility index (Phi) is 10.2. The van der Waals surface area contributed by atoms with Gasteiger partial charge in [-0.05, 0) is 12.8 Å². The van der Waals surface area contributed by atoms with Crippen LogP contribution in [0.25, 0.3) is 0 Å². The number of ether oxygens (including phenoxy) is 1. The number of carbonyl (C=O) groups is 2. The molecule has 7 heteroatoms. The Morgan fingerprint density at radius 1 is 1.18 bits per heavy atom. The van der Waals surface area contributed by atoms with E-state index in [9.17, 15) is 18.4 Å². The lowest BCUT2D eigenvalue weighted by Crippen LogP contribution is -2.27. The highest BCUT2D eigenvalue weighted by atomic mass is 19.3. The van der Waals surface area contributed by atoms with Crippen LogP contribution in [0.15, 0.2) is 0 Å². The van der Waals surface area contributed by atoms with Crippen molar-refractivity contribution in [1.29, 1.82) is 0 Å².